The van der Waals surface area contributed by atoms with Crippen molar-refractivity contribution >= 4 is 5.69 Å². The van der Waals surface area contributed by atoms with Crippen LogP contribution in [0.15, 0.2) is 24.8 Å². The highest BCUT2D eigenvalue weighted by molar-refractivity contribution is 5.38. The molecule has 8 heteroatoms. The number of rotatable bonds is 4. The molecule has 0 saturated heterocycles. The lowest BCUT2D eigenvalue weighted by Gasteiger charge is -2.05. The maximum absolute atomic E-state index is 12.1. The molecule has 5 nitrogen and oxygen atoms in total. The summed E-state index contributed by atoms with van der Waals surface area (Å²) in [6, 6.07) is 0. The van der Waals surface area contributed by atoms with E-state index in [1.807, 2.05) is 0 Å². The predicted molar refractivity (Wildman–Crippen MR) is 58.8 cm³/mol. The van der Waals surface area contributed by atoms with Gasteiger partial charge in [0.2, 0.25) is 0 Å². The van der Waals surface area contributed by atoms with Gasteiger partial charge >= 0.3 is 6.18 Å². The average molecular weight is 259 g/mol. The second kappa shape index (κ2) is 4.71. The van der Waals surface area contributed by atoms with Crippen molar-refractivity contribution < 1.29 is 13.2 Å². The van der Waals surface area contributed by atoms with Crippen LogP contribution in [0.4, 0.5) is 18.9 Å². The fourth-order valence-electron chi connectivity index (χ4n) is 1.48. The molecule has 0 unspecified atom stereocenters. The summed E-state index contributed by atoms with van der Waals surface area (Å²) in [7, 11) is 1.78. The van der Waals surface area contributed by atoms with E-state index in [9.17, 15) is 13.2 Å². The number of hydrogen-bond acceptors (Lipinski definition) is 3. The Morgan fingerprint density at radius 2 is 2.00 bits per heavy atom. The minimum atomic E-state index is -4.25. The Morgan fingerprint density at radius 3 is 2.61 bits per heavy atom. The van der Waals surface area contributed by atoms with E-state index >= 15 is 0 Å². The van der Waals surface area contributed by atoms with Crippen LogP contribution >= 0.6 is 0 Å². The molecular weight excluding hydrogens is 247 g/mol. The third-order valence-corrected chi connectivity index (χ3v) is 2.23. The minimum Gasteiger partial charge on any atom is -0.378 e. The van der Waals surface area contributed by atoms with E-state index < -0.39 is 12.7 Å². The van der Waals surface area contributed by atoms with E-state index in [0.29, 0.717) is 12.1 Å². The van der Waals surface area contributed by atoms with Gasteiger partial charge in [0.1, 0.15) is 6.54 Å². The summed E-state index contributed by atoms with van der Waals surface area (Å²) in [6.07, 6.45) is 1.95. The number of aromatic nitrogens is 4. The molecule has 0 bridgehead atoms. The largest absolute Gasteiger partial charge is 0.408 e. The molecule has 1 N–H and O–H groups in total. The van der Waals surface area contributed by atoms with Gasteiger partial charge in [-0.05, 0) is 0 Å². The molecule has 0 fully saturated rings. The number of anilines is 1. The highest BCUT2D eigenvalue weighted by Crippen LogP contribution is 2.17. The molecule has 98 valence electrons. The van der Waals surface area contributed by atoms with Crippen LogP contribution in [0.2, 0.25) is 0 Å². The smallest absolute Gasteiger partial charge is 0.378 e. The number of alkyl halides is 3. The van der Waals surface area contributed by atoms with Gasteiger partial charge in [0.15, 0.2) is 0 Å². The summed E-state index contributed by atoms with van der Waals surface area (Å²) in [4.78, 5) is 0. The minimum absolute atomic E-state index is 0.406. The van der Waals surface area contributed by atoms with Crippen molar-refractivity contribution in [3.8, 4) is 0 Å². The number of hydrogen-bond donors (Lipinski definition) is 1. The van der Waals surface area contributed by atoms with Gasteiger partial charge in [-0.1, -0.05) is 0 Å². The second-order valence-electron chi connectivity index (χ2n) is 3.92. The van der Waals surface area contributed by atoms with Crippen molar-refractivity contribution in [1.82, 2.24) is 19.6 Å². The van der Waals surface area contributed by atoms with Gasteiger partial charge in [-0.25, -0.2) is 0 Å². The third kappa shape index (κ3) is 3.51. The van der Waals surface area contributed by atoms with Gasteiger partial charge in [0.05, 0.1) is 18.1 Å². The Balaban J connectivity index is 1.91. The molecule has 0 aliphatic carbocycles. The Bertz CT molecular complexity index is 514. The maximum atomic E-state index is 12.1. The molecular formula is C10H12F3N5. The first-order valence-electron chi connectivity index (χ1n) is 5.23. The van der Waals surface area contributed by atoms with Crippen molar-refractivity contribution in [2.75, 3.05) is 5.32 Å². The fraction of sp³-hybridized carbons (Fsp3) is 0.400. The van der Waals surface area contributed by atoms with Crippen LogP contribution in [0.5, 0.6) is 0 Å². The molecule has 0 aliphatic heterocycles. The topological polar surface area (TPSA) is 47.7 Å². The Kier molecular flexibility index (Phi) is 3.26. The molecule has 0 spiro atoms. The van der Waals surface area contributed by atoms with Gasteiger partial charge < -0.3 is 5.32 Å². The first-order valence-corrected chi connectivity index (χ1v) is 5.23. The standard InChI is InChI=1S/C10H12F3N5/c1-17-6-9(4-15-17)14-2-8-3-16-18(5-8)7-10(11,12)13/h3-6,14H,2,7H2,1H3. The van der Waals surface area contributed by atoms with Gasteiger partial charge in [-0.2, -0.15) is 23.4 Å². The summed E-state index contributed by atoms with van der Waals surface area (Å²) >= 11 is 0. The Hall–Kier alpha value is -1.99. The zero-order valence-corrected chi connectivity index (χ0v) is 9.65. The number of nitrogens with zero attached hydrogens (tertiary/aromatic N) is 4. The van der Waals surface area contributed by atoms with Crippen LogP contribution in [-0.2, 0) is 20.1 Å². The highest BCUT2D eigenvalue weighted by atomic mass is 19.4. The number of nitrogens with one attached hydrogen (secondary N) is 1. The molecule has 0 amide bonds. The van der Waals surface area contributed by atoms with Crippen LogP contribution in [0.25, 0.3) is 0 Å². The molecule has 2 aromatic heterocycles. The van der Waals surface area contributed by atoms with Crippen LogP contribution < -0.4 is 5.32 Å². The van der Waals surface area contributed by atoms with Crippen molar-refractivity contribution in [3.05, 3.63) is 30.4 Å². The van der Waals surface area contributed by atoms with E-state index in [2.05, 4.69) is 15.5 Å². The Labute approximate surface area is 101 Å². The molecule has 0 aromatic carbocycles. The summed E-state index contributed by atoms with van der Waals surface area (Å²) in [5.41, 5.74) is 1.49. The summed E-state index contributed by atoms with van der Waals surface area (Å²) in [5, 5.41) is 10.7. The zero-order chi connectivity index (χ0) is 13.2. The van der Waals surface area contributed by atoms with Crippen LogP contribution in [0.3, 0.4) is 0 Å². The summed E-state index contributed by atoms with van der Waals surface area (Å²) in [6.45, 7) is -0.663. The van der Waals surface area contributed by atoms with E-state index in [0.717, 1.165) is 10.4 Å². The highest BCUT2D eigenvalue weighted by Gasteiger charge is 2.28. The van der Waals surface area contributed by atoms with E-state index in [4.69, 9.17) is 0 Å². The average Bonchev–Trinajstić information content (AvgIpc) is 2.82. The predicted octanol–water partition coefficient (Wildman–Crippen LogP) is 1.79. The number of halogens is 3. The maximum Gasteiger partial charge on any atom is 0.408 e. The first kappa shape index (κ1) is 12.5. The summed E-state index contributed by atoms with van der Waals surface area (Å²) in [5.74, 6) is 0. The molecule has 0 radical (unpaired) electrons. The molecule has 18 heavy (non-hydrogen) atoms. The molecule has 2 aromatic rings. The monoisotopic (exact) mass is 259 g/mol. The fourth-order valence-corrected chi connectivity index (χ4v) is 1.48. The molecule has 0 aliphatic rings. The molecule has 0 atom stereocenters. The SMILES string of the molecule is Cn1cc(NCc2cnn(CC(F)(F)F)c2)cn1. The zero-order valence-electron chi connectivity index (χ0n) is 9.65. The van der Waals surface area contributed by atoms with Crippen molar-refractivity contribution in [2.45, 2.75) is 19.3 Å². The Morgan fingerprint density at radius 1 is 1.22 bits per heavy atom. The van der Waals surface area contributed by atoms with Gasteiger partial charge in [0.25, 0.3) is 0 Å². The van der Waals surface area contributed by atoms with Crippen molar-refractivity contribution in [3.63, 3.8) is 0 Å². The molecule has 2 heterocycles. The van der Waals surface area contributed by atoms with Crippen LogP contribution in [0, 0.1) is 0 Å². The van der Waals surface area contributed by atoms with Gasteiger partial charge in [-0.15, -0.1) is 0 Å². The van der Waals surface area contributed by atoms with E-state index in [1.54, 1.807) is 24.1 Å². The third-order valence-electron chi connectivity index (χ3n) is 2.23. The van der Waals surface area contributed by atoms with E-state index in [1.165, 1.54) is 12.4 Å². The van der Waals surface area contributed by atoms with E-state index in [-0.39, 0.29) is 0 Å². The van der Waals surface area contributed by atoms with Crippen LogP contribution in [-0.4, -0.2) is 25.7 Å². The summed E-state index contributed by atoms with van der Waals surface area (Å²) < 4.78 is 38.9. The van der Waals surface area contributed by atoms with Crippen LogP contribution in [0.1, 0.15) is 5.56 Å². The lowest BCUT2D eigenvalue weighted by Crippen LogP contribution is -2.17. The molecule has 0 saturated carbocycles. The normalized spacial score (nSPS) is 11.8. The first-order chi connectivity index (χ1) is 8.42. The second-order valence-corrected chi connectivity index (χ2v) is 3.92. The van der Waals surface area contributed by atoms with Gasteiger partial charge in [-0.3, -0.25) is 9.36 Å². The lowest BCUT2D eigenvalue weighted by molar-refractivity contribution is -0.142. The van der Waals surface area contributed by atoms with Crippen molar-refractivity contribution in [2.24, 2.45) is 7.05 Å². The lowest BCUT2D eigenvalue weighted by atomic mass is 10.3. The van der Waals surface area contributed by atoms with Gasteiger partial charge in [0, 0.05) is 31.5 Å². The number of aryl methyl sites for hydroxylation is 1. The van der Waals surface area contributed by atoms with Crippen molar-refractivity contribution in [1.29, 1.82) is 0 Å². The molecule has 2 rings (SSSR count). The quantitative estimate of drug-likeness (QED) is 0.910.